The molecule has 1 saturated carbocycles. The van der Waals surface area contributed by atoms with Gasteiger partial charge in [-0.1, -0.05) is 12.8 Å². The van der Waals surface area contributed by atoms with E-state index in [0.717, 1.165) is 6.54 Å². The van der Waals surface area contributed by atoms with Crippen LogP contribution in [0.4, 0.5) is 11.5 Å². The van der Waals surface area contributed by atoms with Crippen molar-refractivity contribution in [1.82, 2.24) is 14.9 Å². The molecule has 118 valence electrons. The highest BCUT2D eigenvalue weighted by atomic mass is 16.5. The molecule has 0 radical (unpaired) electrons. The van der Waals surface area contributed by atoms with Crippen LogP contribution in [0.1, 0.15) is 39.5 Å². The standard InChI is InChI=1S/C15H27N5O/c1-11(2)21-14-12(16)13(18-10-19-14)17-9-15(20(3)4)7-5-6-8-15/h10-11H,5-9,16H2,1-4H3,(H,17,18,19). The number of hydrogen-bond donors (Lipinski definition) is 2. The van der Waals surface area contributed by atoms with E-state index in [-0.39, 0.29) is 11.6 Å². The SMILES string of the molecule is CC(C)Oc1ncnc(NCC2(N(C)C)CCCC2)c1N. The Kier molecular flexibility index (Phi) is 4.88. The van der Waals surface area contributed by atoms with Crippen molar-refractivity contribution in [3.63, 3.8) is 0 Å². The Hall–Kier alpha value is -1.56. The third kappa shape index (κ3) is 3.56. The summed E-state index contributed by atoms with van der Waals surface area (Å²) in [6, 6.07) is 0. The topological polar surface area (TPSA) is 76.3 Å². The summed E-state index contributed by atoms with van der Waals surface area (Å²) < 4.78 is 5.60. The van der Waals surface area contributed by atoms with E-state index in [1.807, 2.05) is 13.8 Å². The van der Waals surface area contributed by atoms with Gasteiger partial charge in [0.15, 0.2) is 5.82 Å². The van der Waals surface area contributed by atoms with Crippen LogP contribution < -0.4 is 15.8 Å². The van der Waals surface area contributed by atoms with Gasteiger partial charge in [0.25, 0.3) is 0 Å². The van der Waals surface area contributed by atoms with Crippen molar-refractivity contribution >= 4 is 11.5 Å². The first-order chi connectivity index (χ1) is 9.94. The number of nitrogens with one attached hydrogen (secondary N) is 1. The van der Waals surface area contributed by atoms with Crippen LogP contribution in [0.3, 0.4) is 0 Å². The highest BCUT2D eigenvalue weighted by Gasteiger charge is 2.35. The number of nitrogens with zero attached hydrogens (tertiary/aromatic N) is 3. The summed E-state index contributed by atoms with van der Waals surface area (Å²) in [7, 11) is 4.28. The maximum Gasteiger partial charge on any atom is 0.242 e. The summed E-state index contributed by atoms with van der Waals surface area (Å²) in [4.78, 5) is 10.7. The Labute approximate surface area is 127 Å². The highest BCUT2D eigenvalue weighted by Crippen LogP contribution is 2.34. The van der Waals surface area contributed by atoms with Crippen LogP contribution in [0.2, 0.25) is 0 Å². The average molecular weight is 293 g/mol. The molecule has 0 bridgehead atoms. The van der Waals surface area contributed by atoms with E-state index in [4.69, 9.17) is 10.5 Å². The Bertz CT molecular complexity index is 469. The molecule has 1 fully saturated rings. The summed E-state index contributed by atoms with van der Waals surface area (Å²) in [5.41, 5.74) is 6.78. The van der Waals surface area contributed by atoms with Gasteiger partial charge in [-0.3, -0.25) is 0 Å². The molecule has 1 aliphatic carbocycles. The van der Waals surface area contributed by atoms with Crippen molar-refractivity contribution in [2.24, 2.45) is 0 Å². The van der Waals surface area contributed by atoms with Gasteiger partial charge in [-0.15, -0.1) is 0 Å². The van der Waals surface area contributed by atoms with Crippen molar-refractivity contribution < 1.29 is 4.74 Å². The van der Waals surface area contributed by atoms with Gasteiger partial charge >= 0.3 is 0 Å². The largest absolute Gasteiger partial charge is 0.473 e. The Balaban J connectivity index is 2.09. The number of hydrogen-bond acceptors (Lipinski definition) is 6. The fraction of sp³-hybridized carbons (Fsp3) is 0.733. The molecule has 1 aliphatic rings. The quantitative estimate of drug-likeness (QED) is 0.837. The molecule has 0 spiro atoms. The van der Waals surface area contributed by atoms with Crippen molar-refractivity contribution in [2.45, 2.75) is 51.2 Å². The fourth-order valence-corrected chi connectivity index (χ4v) is 2.90. The van der Waals surface area contributed by atoms with E-state index in [1.54, 1.807) is 0 Å². The Morgan fingerprint density at radius 1 is 1.33 bits per heavy atom. The van der Waals surface area contributed by atoms with Crippen LogP contribution in [0, 0.1) is 0 Å². The molecule has 0 unspecified atom stereocenters. The molecular formula is C15H27N5O. The number of likely N-dealkylation sites (N-methyl/N-ethyl adjacent to an activating group) is 1. The summed E-state index contributed by atoms with van der Waals surface area (Å²) in [6.07, 6.45) is 6.49. The Morgan fingerprint density at radius 2 is 2.00 bits per heavy atom. The van der Waals surface area contributed by atoms with Crippen molar-refractivity contribution in [3.8, 4) is 5.88 Å². The average Bonchev–Trinajstić information content (AvgIpc) is 2.89. The van der Waals surface area contributed by atoms with Gasteiger partial charge in [-0.05, 0) is 40.8 Å². The first-order valence-corrected chi connectivity index (χ1v) is 7.63. The lowest BCUT2D eigenvalue weighted by molar-refractivity contribution is 0.172. The second kappa shape index (κ2) is 6.47. The molecule has 6 nitrogen and oxygen atoms in total. The van der Waals surface area contributed by atoms with Crippen LogP contribution in [-0.2, 0) is 0 Å². The van der Waals surface area contributed by atoms with E-state index in [0.29, 0.717) is 17.4 Å². The zero-order valence-electron chi connectivity index (χ0n) is 13.5. The number of anilines is 2. The zero-order valence-corrected chi connectivity index (χ0v) is 13.5. The van der Waals surface area contributed by atoms with Gasteiger partial charge in [0.2, 0.25) is 5.88 Å². The first kappa shape index (κ1) is 15.8. The molecule has 1 aromatic rings. The first-order valence-electron chi connectivity index (χ1n) is 7.63. The van der Waals surface area contributed by atoms with E-state index >= 15 is 0 Å². The maximum atomic E-state index is 6.11. The predicted molar refractivity (Wildman–Crippen MR) is 85.6 cm³/mol. The van der Waals surface area contributed by atoms with Gasteiger partial charge in [-0.2, -0.15) is 4.98 Å². The smallest absolute Gasteiger partial charge is 0.242 e. The number of aromatic nitrogens is 2. The van der Waals surface area contributed by atoms with E-state index in [2.05, 4.69) is 34.3 Å². The fourth-order valence-electron chi connectivity index (χ4n) is 2.90. The van der Waals surface area contributed by atoms with E-state index in [1.165, 1.54) is 32.0 Å². The van der Waals surface area contributed by atoms with Crippen LogP contribution in [0.5, 0.6) is 5.88 Å². The van der Waals surface area contributed by atoms with Crippen molar-refractivity contribution in [1.29, 1.82) is 0 Å². The van der Waals surface area contributed by atoms with Crippen LogP contribution in [0.15, 0.2) is 6.33 Å². The minimum atomic E-state index is 0.0398. The molecule has 0 aliphatic heterocycles. The third-order valence-corrected chi connectivity index (χ3v) is 4.26. The van der Waals surface area contributed by atoms with Crippen molar-refractivity contribution in [2.75, 3.05) is 31.7 Å². The predicted octanol–water partition coefficient (Wildman–Crippen LogP) is 2.13. The third-order valence-electron chi connectivity index (χ3n) is 4.26. The van der Waals surface area contributed by atoms with Crippen LogP contribution >= 0.6 is 0 Å². The number of rotatable bonds is 6. The lowest BCUT2D eigenvalue weighted by atomic mass is 9.96. The van der Waals surface area contributed by atoms with Gasteiger partial charge in [0.05, 0.1) is 6.10 Å². The number of ether oxygens (including phenoxy) is 1. The summed E-state index contributed by atoms with van der Waals surface area (Å²) >= 11 is 0. The number of nitrogen functional groups attached to an aromatic ring is 1. The maximum absolute atomic E-state index is 6.11. The zero-order chi connectivity index (χ0) is 15.5. The monoisotopic (exact) mass is 293 g/mol. The summed E-state index contributed by atoms with van der Waals surface area (Å²) in [6.45, 7) is 4.74. The normalized spacial score (nSPS) is 17.4. The summed E-state index contributed by atoms with van der Waals surface area (Å²) in [5, 5.41) is 3.39. The Morgan fingerprint density at radius 3 is 2.57 bits per heavy atom. The van der Waals surface area contributed by atoms with Crippen LogP contribution in [0.25, 0.3) is 0 Å². The molecule has 1 aromatic heterocycles. The molecule has 21 heavy (non-hydrogen) atoms. The molecule has 2 rings (SSSR count). The minimum absolute atomic E-state index is 0.0398. The molecule has 0 atom stereocenters. The second-order valence-electron chi connectivity index (χ2n) is 6.29. The van der Waals surface area contributed by atoms with Gasteiger partial charge < -0.3 is 20.7 Å². The molecular weight excluding hydrogens is 266 g/mol. The number of nitrogens with two attached hydrogens (primary N) is 1. The lowest BCUT2D eigenvalue weighted by Gasteiger charge is -2.36. The molecule has 0 saturated heterocycles. The van der Waals surface area contributed by atoms with E-state index in [9.17, 15) is 0 Å². The lowest BCUT2D eigenvalue weighted by Crippen LogP contribution is -2.47. The summed E-state index contributed by atoms with van der Waals surface area (Å²) in [5.74, 6) is 1.11. The molecule has 6 heteroatoms. The minimum Gasteiger partial charge on any atom is -0.473 e. The highest BCUT2D eigenvalue weighted by molar-refractivity contribution is 5.66. The van der Waals surface area contributed by atoms with Gasteiger partial charge in [0, 0.05) is 12.1 Å². The van der Waals surface area contributed by atoms with E-state index < -0.39 is 0 Å². The molecule has 0 amide bonds. The van der Waals surface area contributed by atoms with Crippen molar-refractivity contribution in [3.05, 3.63) is 6.33 Å². The van der Waals surface area contributed by atoms with Gasteiger partial charge in [-0.25, -0.2) is 4.98 Å². The van der Waals surface area contributed by atoms with Gasteiger partial charge in [0.1, 0.15) is 12.0 Å². The molecule has 1 heterocycles. The van der Waals surface area contributed by atoms with Crippen LogP contribution in [-0.4, -0.2) is 47.2 Å². The second-order valence-corrected chi connectivity index (χ2v) is 6.29. The molecule has 3 N–H and O–H groups in total. The molecule has 0 aromatic carbocycles.